The van der Waals surface area contributed by atoms with Crippen LogP contribution in [0.4, 0.5) is 0 Å². The zero-order valence-electron chi connectivity index (χ0n) is 14.2. The highest BCUT2D eigenvalue weighted by Gasteiger charge is 2.26. The van der Waals surface area contributed by atoms with Crippen LogP contribution in [0, 0.1) is 0 Å². The predicted octanol–water partition coefficient (Wildman–Crippen LogP) is 3.97. The van der Waals surface area contributed by atoms with Gasteiger partial charge in [-0.25, -0.2) is 0 Å². The first kappa shape index (κ1) is 18.0. The summed E-state index contributed by atoms with van der Waals surface area (Å²) in [5.41, 5.74) is 0.857. The van der Waals surface area contributed by atoms with E-state index in [1.54, 1.807) is 55.5 Å². The summed E-state index contributed by atoms with van der Waals surface area (Å²) in [6, 6.07) is 13.8. The molecule has 0 saturated heterocycles. The lowest BCUT2D eigenvalue weighted by Gasteiger charge is -2.19. The van der Waals surface area contributed by atoms with Gasteiger partial charge >= 0.3 is 5.97 Å². The van der Waals surface area contributed by atoms with Crippen LogP contribution in [0.25, 0.3) is 10.9 Å². The number of aromatic amines is 1. The van der Waals surface area contributed by atoms with Gasteiger partial charge in [0.1, 0.15) is 5.75 Å². The Bertz CT molecular complexity index is 1010. The number of hydrogen-bond acceptors (Lipinski definition) is 4. The lowest BCUT2D eigenvalue weighted by atomic mass is 9.88. The van der Waals surface area contributed by atoms with Crippen molar-refractivity contribution in [2.45, 2.75) is 19.3 Å². The van der Waals surface area contributed by atoms with E-state index in [0.717, 1.165) is 0 Å². The number of hydrogen-bond donors (Lipinski definition) is 2. The Balaban J connectivity index is 2.20. The highest BCUT2D eigenvalue weighted by Crippen LogP contribution is 2.36. The summed E-state index contributed by atoms with van der Waals surface area (Å²) in [6.07, 6.45) is -0.0802. The number of benzene rings is 2. The van der Waals surface area contributed by atoms with Crippen molar-refractivity contribution in [3.8, 4) is 5.75 Å². The number of ether oxygens (including phenoxy) is 1. The Labute approximate surface area is 155 Å². The fourth-order valence-corrected chi connectivity index (χ4v) is 3.26. The van der Waals surface area contributed by atoms with Gasteiger partial charge in [0.15, 0.2) is 0 Å². The summed E-state index contributed by atoms with van der Waals surface area (Å²) < 4.78 is 5.05. The normalized spacial score (nSPS) is 12.1. The zero-order valence-corrected chi connectivity index (χ0v) is 14.9. The average molecular weight is 372 g/mol. The molecule has 0 bridgehead atoms. The Morgan fingerprint density at radius 1 is 1.23 bits per heavy atom. The Morgan fingerprint density at radius 3 is 2.73 bits per heavy atom. The number of pyridine rings is 1. The van der Waals surface area contributed by atoms with Gasteiger partial charge in [-0.2, -0.15) is 0 Å². The first-order valence-corrected chi connectivity index (χ1v) is 8.64. The number of nitrogens with one attached hydrogen (secondary N) is 1. The molecule has 0 spiro atoms. The maximum absolute atomic E-state index is 12.7. The molecule has 0 aliphatic rings. The molecule has 2 N–H and O–H groups in total. The zero-order chi connectivity index (χ0) is 18.7. The van der Waals surface area contributed by atoms with Crippen molar-refractivity contribution < 1.29 is 14.6 Å². The summed E-state index contributed by atoms with van der Waals surface area (Å²) in [6.45, 7) is 1.95. The molecule has 2 aromatic carbocycles. The summed E-state index contributed by atoms with van der Waals surface area (Å²) >= 11 is 6.08. The first-order chi connectivity index (χ1) is 12.5. The highest BCUT2D eigenvalue weighted by atomic mass is 35.5. The van der Waals surface area contributed by atoms with Crippen molar-refractivity contribution in [3.63, 3.8) is 0 Å². The number of carbonyl (C=O) groups is 1. The number of aromatic hydroxyl groups is 1. The Kier molecular flexibility index (Phi) is 5.28. The molecule has 0 amide bonds. The molecule has 0 saturated carbocycles. The van der Waals surface area contributed by atoms with Gasteiger partial charge in [-0.05, 0) is 36.8 Å². The van der Waals surface area contributed by atoms with Crippen molar-refractivity contribution in [1.29, 1.82) is 0 Å². The highest BCUT2D eigenvalue weighted by molar-refractivity contribution is 6.30. The van der Waals surface area contributed by atoms with Crippen LogP contribution in [0.2, 0.25) is 5.02 Å². The molecule has 1 heterocycles. The molecule has 6 heteroatoms. The van der Waals surface area contributed by atoms with Gasteiger partial charge in [0, 0.05) is 16.3 Å². The molecule has 3 aromatic rings. The molecule has 0 aliphatic heterocycles. The number of H-pyrrole nitrogens is 1. The van der Waals surface area contributed by atoms with Crippen LogP contribution in [0.5, 0.6) is 5.75 Å². The van der Waals surface area contributed by atoms with Crippen LogP contribution in [0.15, 0.2) is 53.3 Å². The van der Waals surface area contributed by atoms with E-state index in [1.165, 1.54) is 0 Å². The fraction of sp³-hybridized carbons (Fsp3) is 0.200. The standard InChI is InChI=1S/C20H18ClNO4/c1-2-26-17(23)11-15(12-6-5-7-13(21)10-12)18-19(24)14-8-3-4-9-16(14)22-20(18)25/h3-10,15H,2,11H2,1H3,(H2,22,24,25)/t15-/m1/s1. The van der Waals surface area contributed by atoms with Crippen molar-refractivity contribution in [2.24, 2.45) is 0 Å². The van der Waals surface area contributed by atoms with Crippen molar-refractivity contribution >= 4 is 28.5 Å². The van der Waals surface area contributed by atoms with Crippen molar-refractivity contribution in [1.82, 2.24) is 4.98 Å². The van der Waals surface area contributed by atoms with E-state index in [1.807, 2.05) is 0 Å². The van der Waals surface area contributed by atoms with Crippen LogP contribution in [-0.4, -0.2) is 22.7 Å². The second kappa shape index (κ2) is 7.62. The summed E-state index contributed by atoms with van der Waals surface area (Å²) in [5, 5.41) is 11.8. The number of halogens is 1. The number of para-hydroxylation sites is 1. The molecule has 3 rings (SSSR count). The Morgan fingerprint density at radius 2 is 2.00 bits per heavy atom. The monoisotopic (exact) mass is 371 g/mol. The van der Waals surface area contributed by atoms with Gasteiger partial charge in [0.05, 0.1) is 24.1 Å². The van der Waals surface area contributed by atoms with Crippen LogP contribution in [-0.2, 0) is 9.53 Å². The lowest BCUT2D eigenvalue weighted by Crippen LogP contribution is -2.20. The van der Waals surface area contributed by atoms with Crippen LogP contribution >= 0.6 is 11.6 Å². The molecule has 0 unspecified atom stereocenters. The number of carbonyl (C=O) groups excluding carboxylic acids is 1. The molecule has 0 radical (unpaired) electrons. The second-order valence-corrected chi connectivity index (χ2v) is 6.32. The van der Waals surface area contributed by atoms with Crippen molar-refractivity contribution in [2.75, 3.05) is 6.61 Å². The van der Waals surface area contributed by atoms with Gasteiger partial charge in [-0.3, -0.25) is 9.59 Å². The quantitative estimate of drug-likeness (QED) is 0.665. The SMILES string of the molecule is CCOC(=O)C[C@H](c1cccc(Cl)c1)c1c(O)c2ccccc2[nH]c1=O. The van der Waals surface area contributed by atoms with E-state index in [4.69, 9.17) is 16.3 Å². The largest absolute Gasteiger partial charge is 0.507 e. The van der Waals surface area contributed by atoms with E-state index in [2.05, 4.69) is 4.98 Å². The van der Waals surface area contributed by atoms with Gasteiger partial charge < -0.3 is 14.8 Å². The number of fused-ring (bicyclic) bond motifs is 1. The van der Waals surface area contributed by atoms with E-state index in [0.29, 0.717) is 21.5 Å². The van der Waals surface area contributed by atoms with Gasteiger partial charge in [-0.15, -0.1) is 0 Å². The Hall–Kier alpha value is -2.79. The molecule has 1 atom stereocenters. The molecule has 0 aliphatic carbocycles. The summed E-state index contributed by atoms with van der Waals surface area (Å²) in [7, 11) is 0. The third-order valence-electron chi connectivity index (χ3n) is 4.21. The fourth-order valence-electron chi connectivity index (χ4n) is 3.06. The lowest BCUT2D eigenvalue weighted by molar-refractivity contribution is -0.143. The molecule has 26 heavy (non-hydrogen) atoms. The maximum Gasteiger partial charge on any atom is 0.306 e. The van der Waals surface area contributed by atoms with Crippen LogP contribution in [0.3, 0.4) is 0 Å². The maximum atomic E-state index is 12.7. The van der Waals surface area contributed by atoms with E-state index < -0.39 is 17.4 Å². The minimum absolute atomic E-state index is 0.0802. The molecular weight excluding hydrogens is 354 g/mol. The van der Waals surface area contributed by atoms with Gasteiger partial charge in [0.25, 0.3) is 5.56 Å². The molecule has 1 aromatic heterocycles. The van der Waals surface area contributed by atoms with E-state index in [9.17, 15) is 14.7 Å². The average Bonchev–Trinajstić information content (AvgIpc) is 2.61. The number of rotatable bonds is 5. The van der Waals surface area contributed by atoms with E-state index in [-0.39, 0.29) is 24.3 Å². The van der Waals surface area contributed by atoms with E-state index >= 15 is 0 Å². The van der Waals surface area contributed by atoms with Gasteiger partial charge in [0.2, 0.25) is 0 Å². The third kappa shape index (κ3) is 3.58. The molecular formula is C20H18ClNO4. The summed E-state index contributed by atoms with van der Waals surface area (Å²) in [5.74, 6) is -1.27. The number of aromatic nitrogens is 1. The predicted molar refractivity (Wildman–Crippen MR) is 101 cm³/mol. The molecule has 0 fully saturated rings. The second-order valence-electron chi connectivity index (χ2n) is 5.88. The van der Waals surface area contributed by atoms with Crippen molar-refractivity contribution in [3.05, 3.63) is 75.0 Å². The van der Waals surface area contributed by atoms with Crippen LogP contribution < -0.4 is 5.56 Å². The minimum atomic E-state index is -0.680. The number of esters is 1. The minimum Gasteiger partial charge on any atom is -0.507 e. The van der Waals surface area contributed by atoms with Crippen LogP contribution in [0.1, 0.15) is 30.4 Å². The summed E-state index contributed by atoms with van der Waals surface area (Å²) in [4.78, 5) is 27.6. The smallest absolute Gasteiger partial charge is 0.306 e. The topological polar surface area (TPSA) is 79.4 Å². The third-order valence-corrected chi connectivity index (χ3v) is 4.44. The first-order valence-electron chi connectivity index (χ1n) is 8.26. The molecule has 134 valence electrons. The van der Waals surface area contributed by atoms with Gasteiger partial charge in [-0.1, -0.05) is 35.9 Å². The molecule has 5 nitrogen and oxygen atoms in total.